The maximum absolute atomic E-state index is 11.8. The normalized spacial score (nSPS) is 10.7. The van der Waals surface area contributed by atoms with Crippen molar-refractivity contribution in [1.29, 1.82) is 0 Å². The lowest BCUT2D eigenvalue weighted by Crippen LogP contribution is -2.05. The number of hydrogen-bond acceptors (Lipinski definition) is 2. The summed E-state index contributed by atoms with van der Waals surface area (Å²) in [6.45, 7) is 8.96. The number of carbonyl (C=O) groups excluding carboxylic acids is 1. The van der Waals surface area contributed by atoms with E-state index in [-0.39, 0.29) is 5.97 Å². The van der Waals surface area contributed by atoms with E-state index in [0.29, 0.717) is 13.0 Å². The molecule has 1 rings (SSSR count). The summed E-state index contributed by atoms with van der Waals surface area (Å²) in [5.74, 6) is -0.0653. The Labute approximate surface area is 136 Å². The number of benzene rings is 1. The number of rotatable bonds is 10. The van der Waals surface area contributed by atoms with Gasteiger partial charge in [0.05, 0.1) is 0 Å². The third kappa shape index (κ3) is 7.11. The van der Waals surface area contributed by atoms with Crippen LogP contribution in [0.15, 0.2) is 12.1 Å². The SMILES string of the molecule is CCCCCCCCCC(=O)OCc1cc(C)c(C)c(C)c1. The molecular weight excluding hydrogens is 272 g/mol. The summed E-state index contributed by atoms with van der Waals surface area (Å²) in [4.78, 5) is 11.8. The Kier molecular flexibility index (Phi) is 8.88. The molecule has 0 aliphatic rings. The summed E-state index contributed by atoms with van der Waals surface area (Å²) in [6, 6.07) is 4.23. The summed E-state index contributed by atoms with van der Waals surface area (Å²) in [5, 5.41) is 0. The van der Waals surface area contributed by atoms with Crippen LogP contribution in [0.5, 0.6) is 0 Å². The van der Waals surface area contributed by atoms with Gasteiger partial charge in [0.25, 0.3) is 0 Å². The fourth-order valence-corrected chi connectivity index (χ4v) is 2.67. The number of carbonyl (C=O) groups is 1. The van der Waals surface area contributed by atoms with Gasteiger partial charge < -0.3 is 4.74 Å². The second kappa shape index (κ2) is 10.4. The van der Waals surface area contributed by atoms with Gasteiger partial charge >= 0.3 is 5.97 Å². The zero-order valence-corrected chi connectivity index (χ0v) is 14.8. The average Bonchev–Trinajstić information content (AvgIpc) is 2.49. The summed E-state index contributed by atoms with van der Waals surface area (Å²) in [5.41, 5.74) is 4.93. The third-order valence-electron chi connectivity index (χ3n) is 4.37. The van der Waals surface area contributed by atoms with Crippen molar-refractivity contribution in [3.63, 3.8) is 0 Å². The first-order chi connectivity index (χ1) is 10.5. The molecular formula is C20H32O2. The first-order valence-electron chi connectivity index (χ1n) is 8.77. The molecule has 124 valence electrons. The minimum absolute atomic E-state index is 0.0653. The van der Waals surface area contributed by atoms with E-state index in [4.69, 9.17) is 4.74 Å². The highest BCUT2D eigenvalue weighted by Gasteiger charge is 2.05. The van der Waals surface area contributed by atoms with Gasteiger partial charge in [-0.2, -0.15) is 0 Å². The van der Waals surface area contributed by atoms with Gasteiger partial charge in [0, 0.05) is 6.42 Å². The van der Waals surface area contributed by atoms with Crippen LogP contribution in [0, 0.1) is 20.8 Å². The quantitative estimate of drug-likeness (QED) is 0.403. The van der Waals surface area contributed by atoms with E-state index in [9.17, 15) is 4.79 Å². The predicted octanol–water partition coefficient (Wildman–Crippen LogP) is 5.80. The molecule has 0 aliphatic carbocycles. The van der Waals surface area contributed by atoms with Crippen molar-refractivity contribution in [2.45, 2.75) is 85.7 Å². The molecule has 2 nitrogen and oxygen atoms in total. The molecule has 0 atom stereocenters. The highest BCUT2D eigenvalue weighted by atomic mass is 16.5. The largest absolute Gasteiger partial charge is 0.461 e. The van der Waals surface area contributed by atoms with Gasteiger partial charge in [0.2, 0.25) is 0 Å². The van der Waals surface area contributed by atoms with Crippen LogP contribution in [0.4, 0.5) is 0 Å². The monoisotopic (exact) mass is 304 g/mol. The van der Waals surface area contributed by atoms with Crippen LogP contribution in [-0.2, 0) is 16.1 Å². The standard InChI is InChI=1S/C20H32O2/c1-5-6-7-8-9-10-11-12-20(21)22-15-19-13-16(2)18(4)17(3)14-19/h13-14H,5-12,15H2,1-4H3. The molecule has 2 heteroatoms. The molecule has 1 aromatic carbocycles. The van der Waals surface area contributed by atoms with Gasteiger partial charge in [0.1, 0.15) is 6.61 Å². The second-order valence-electron chi connectivity index (χ2n) is 6.39. The molecule has 0 aliphatic heterocycles. The van der Waals surface area contributed by atoms with Crippen LogP contribution in [0.3, 0.4) is 0 Å². The van der Waals surface area contributed by atoms with Crippen molar-refractivity contribution in [2.75, 3.05) is 0 Å². The van der Waals surface area contributed by atoms with E-state index < -0.39 is 0 Å². The molecule has 0 saturated carbocycles. The van der Waals surface area contributed by atoms with Crippen LogP contribution in [-0.4, -0.2) is 5.97 Å². The van der Waals surface area contributed by atoms with E-state index in [1.165, 1.54) is 48.8 Å². The maximum Gasteiger partial charge on any atom is 0.306 e. The first-order valence-corrected chi connectivity index (χ1v) is 8.77. The number of unbranched alkanes of at least 4 members (excludes halogenated alkanes) is 6. The van der Waals surface area contributed by atoms with Gasteiger partial charge in [-0.1, -0.05) is 57.6 Å². The van der Waals surface area contributed by atoms with Gasteiger partial charge in [0.15, 0.2) is 0 Å². The Morgan fingerprint density at radius 3 is 2.05 bits per heavy atom. The van der Waals surface area contributed by atoms with Crippen molar-refractivity contribution in [3.8, 4) is 0 Å². The lowest BCUT2D eigenvalue weighted by Gasteiger charge is -2.10. The van der Waals surface area contributed by atoms with Gasteiger partial charge in [-0.15, -0.1) is 0 Å². The van der Waals surface area contributed by atoms with Crippen molar-refractivity contribution in [1.82, 2.24) is 0 Å². The highest BCUT2D eigenvalue weighted by Crippen LogP contribution is 2.16. The molecule has 0 radical (unpaired) electrons. The molecule has 0 unspecified atom stereocenters. The Morgan fingerprint density at radius 1 is 0.909 bits per heavy atom. The first kappa shape index (κ1) is 18.7. The van der Waals surface area contributed by atoms with Crippen molar-refractivity contribution >= 4 is 5.97 Å². The highest BCUT2D eigenvalue weighted by molar-refractivity contribution is 5.69. The maximum atomic E-state index is 11.8. The second-order valence-corrected chi connectivity index (χ2v) is 6.39. The van der Waals surface area contributed by atoms with Crippen LogP contribution in [0.1, 0.15) is 80.5 Å². The van der Waals surface area contributed by atoms with Crippen LogP contribution in [0.25, 0.3) is 0 Å². The summed E-state index contributed by atoms with van der Waals surface area (Å²) in [7, 11) is 0. The zero-order valence-electron chi connectivity index (χ0n) is 14.8. The van der Waals surface area contributed by atoms with Crippen LogP contribution < -0.4 is 0 Å². The Balaban J connectivity index is 2.18. The Hall–Kier alpha value is -1.31. The predicted molar refractivity (Wildman–Crippen MR) is 93.1 cm³/mol. The fraction of sp³-hybridized carbons (Fsp3) is 0.650. The Morgan fingerprint density at radius 2 is 1.45 bits per heavy atom. The topological polar surface area (TPSA) is 26.3 Å². The summed E-state index contributed by atoms with van der Waals surface area (Å²) >= 11 is 0. The molecule has 0 N–H and O–H groups in total. The van der Waals surface area contributed by atoms with E-state index in [0.717, 1.165) is 18.4 Å². The number of aryl methyl sites for hydroxylation is 2. The van der Waals surface area contributed by atoms with Crippen molar-refractivity contribution < 1.29 is 9.53 Å². The van der Waals surface area contributed by atoms with E-state index >= 15 is 0 Å². The van der Waals surface area contributed by atoms with Crippen molar-refractivity contribution in [2.24, 2.45) is 0 Å². The molecule has 22 heavy (non-hydrogen) atoms. The summed E-state index contributed by atoms with van der Waals surface area (Å²) < 4.78 is 5.38. The lowest BCUT2D eigenvalue weighted by atomic mass is 10.0. The minimum atomic E-state index is -0.0653. The number of hydrogen-bond donors (Lipinski definition) is 0. The molecule has 0 amide bonds. The third-order valence-corrected chi connectivity index (χ3v) is 4.37. The molecule has 0 aromatic heterocycles. The molecule has 1 aromatic rings. The molecule has 0 spiro atoms. The van der Waals surface area contributed by atoms with Crippen LogP contribution in [0.2, 0.25) is 0 Å². The van der Waals surface area contributed by atoms with Gasteiger partial charge in [-0.25, -0.2) is 0 Å². The lowest BCUT2D eigenvalue weighted by molar-refractivity contribution is -0.145. The molecule has 0 heterocycles. The van der Waals surface area contributed by atoms with E-state index in [1.54, 1.807) is 0 Å². The Bertz CT molecular complexity index is 440. The molecule has 0 bridgehead atoms. The van der Waals surface area contributed by atoms with E-state index in [2.05, 4.69) is 39.8 Å². The molecule has 0 fully saturated rings. The molecule has 0 saturated heterocycles. The van der Waals surface area contributed by atoms with Gasteiger partial charge in [-0.3, -0.25) is 4.79 Å². The smallest absolute Gasteiger partial charge is 0.306 e. The fourth-order valence-electron chi connectivity index (χ4n) is 2.67. The van der Waals surface area contributed by atoms with Crippen molar-refractivity contribution in [3.05, 3.63) is 34.4 Å². The summed E-state index contributed by atoms with van der Waals surface area (Å²) in [6.07, 6.45) is 9.12. The van der Waals surface area contributed by atoms with Gasteiger partial charge in [-0.05, 0) is 49.4 Å². The number of esters is 1. The van der Waals surface area contributed by atoms with E-state index in [1.807, 2.05) is 0 Å². The number of ether oxygens (including phenoxy) is 1. The average molecular weight is 304 g/mol. The minimum Gasteiger partial charge on any atom is -0.461 e. The van der Waals surface area contributed by atoms with Crippen LogP contribution >= 0.6 is 0 Å². The zero-order chi connectivity index (χ0) is 16.4.